The molecule has 2 heterocycles. The summed E-state index contributed by atoms with van der Waals surface area (Å²) in [6.45, 7) is 12.5. The predicted molar refractivity (Wildman–Crippen MR) is 157 cm³/mol. The van der Waals surface area contributed by atoms with Gasteiger partial charge in [0.2, 0.25) is 6.41 Å². The van der Waals surface area contributed by atoms with Crippen LogP contribution >= 0.6 is 0 Å². The minimum absolute atomic E-state index is 0.0834. The van der Waals surface area contributed by atoms with Gasteiger partial charge in [-0.1, -0.05) is 27.7 Å². The van der Waals surface area contributed by atoms with E-state index in [1.54, 1.807) is 48.3 Å². The number of halogens is 2. The van der Waals surface area contributed by atoms with Gasteiger partial charge in [-0.3, -0.25) is 9.59 Å². The predicted octanol–water partition coefficient (Wildman–Crippen LogP) is 3.78. The van der Waals surface area contributed by atoms with Crippen LogP contribution in [0.15, 0.2) is 30.2 Å². The fourth-order valence-corrected chi connectivity index (χ4v) is 3.79. The van der Waals surface area contributed by atoms with Crippen LogP contribution in [0.5, 0.6) is 0 Å². The van der Waals surface area contributed by atoms with Crippen molar-refractivity contribution in [2.45, 2.75) is 60.3 Å². The van der Waals surface area contributed by atoms with E-state index in [9.17, 15) is 18.4 Å². The van der Waals surface area contributed by atoms with Gasteiger partial charge in [-0.05, 0) is 31.4 Å². The van der Waals surface area contributed by atoms with E-state index in [1.165, 1.54) is 19.0 Å². The van der Waals surface area contributed by atoms with Crippen molar-refractivity contribution in [1.29, 1.82) is 0 Å². The molecule has 0 bridgehead atoms. The molecular weight excluding hydrogens is 520 g/mol. The number of carbonyl (C=O) groups is 2. The fraction of sp³-hybridized carbons (Fsp3) is 0.607. The zero-order chi connectivity index (χ0) is 31.0. The van der Waals surface area contributed by atoms with Crippen molar-refractivity contribution < 1.29 is 23.1 Å². The van der Waals surface area contributed by atoms with Gasteiger partial charge < -0.3 is 30.2 Å². The van der Waals surface area contributed by atoms with Crippen molar-refractivity contribution in [3.63, 3.8) is 0 Å². The van der Waals surface area contributed by atoms with E-state index in [4.69, 9.17) is 11.6 Å². The van der Waals surface area contributed by atoms with Crippen molar-refractivity contribution in [3.05, 3.63) is 41.6 Å². The second-order valence-electron chi connectivity index (χ2n) is 9.76. The van der Waals surface area contributed by atoms with Crippen LogP contribution < -0.4 is 16.5 Å². The molecule has 0 atom stereocenters. The molecule has 0 radical (unpaired) electrons. The molecule has 0 aromatic carbocycles. The molecule has 0 spiro atoms. The number of hydrogen-bond donors (Lipinski definition) is 2. The van der Waals surface area contributed by atoms with Crippen LogP contribution in [0.2, 0.25) is 0 Å². The highest BCUT2D eigenvalue weighted by atomic mass is 19.3. The van der Waals surface area contributed by atoms with Crippen LogP contribution in [0.25, 0.3) is 5.70 Å². The van der Waals surface area contributed by atoms with Crippen molar-refractivity contribution in [3.8, 4) is 0 Å². The Morgan fingerprint density at radius 1 is 1.25 bits per heavy atom. The van der Waals surface area contributed by atoms with E-state index in [-0.39, 0.29) is 18.9 Å². The molecule has 0 saturated carbocycles. The lowest BCUT2D eigenvalue weighted by molar-refractivity contribution is -0.137. The third-order valence-corrected chi connectivity index (χ3v) is 5.71. The number of ether oxygens (including phenoxy) is 1. The molecule has 2 rings (SSSR count). The zero-order valence-electron chi connectivity index (χ0n) is 25.6. The number of pyridine rings is 1. The van der Waals surface area contributed by atoms with Gasteiger partial charge in [-0.2, -0.15) is 0 Å². The number of nitrogens with two attached hydrogens (primary N) is 2. The Bertz CT molecular complexity index is 985. The van der Waals surface area contributed by atoms with Crippen molar-refractivity contribution in [2.75, 3.05) is 52.3 Å². The number of likely N-dealkylation sites (N-methyl/N-ethyl adjacent to an activating group) is 2. The van der Waals surface area contributed by atoms with Gasteiger partial charge in [0, 0.05) is 52.9 Å². The monoisotopic (exact) mass is 569 g/mol. The summed E-state index contributed by atoms with van der Waals surface area (Å²) in [5.74, 6) is 3.46. The average Bonchev–Trinajstić information content (AvgIpc) is 2.89. The number of alkyl halides is 2. The molecule has 228 valence electrons. The quantitative estimate of drug-likeness (QED) is 0.188. The fourth-order valence-electron chi connectivity index (χ4n) is 3.79. The Hall–Kier alpha value is -3.41. The van der Waals surface area contributed by atoms with Crippen LogP contribution in [0, 0.1) is 12.8 Å². The Morgan fingerprint density at radius 3 is 2.30 bits per heavy atom. The summed E-state index contributed by atoms with van der Waals surface area (Å²) in [6.07, 6.45) is 4.64. The molecule has 0 aliphatic carbocycles. The molecule has 1 saturated heterocycles. The number of rotatable bonds is 10. The molecule has 1 aliphatic rings. The molecule has 40 heavy (non-hydrogen) atoms. The molecule has 10 nitrogen and oxygen atoms in total. The van der Waals surface area contributed by atoms with Crippen LogP contribution in [0.3, 0.4) is 0 Å². The van der Waals surface area contributed by atoms with E-state index in [0.29, 0.717) is 60.4 Å². The summed E-state index contributed by atoms with van der Waals surface area (Å²) >= 11 is 0. The zero-order valence-corrected chi connectivity index (χ0v) is 25.6. The second kappa shape index (κ2) is 18.0. The largest absolute Gasteiger partial charge is 0.469 e. The van der Waals surface area contributed by atoms with Crippen LogP contribution in [-0.2, 0) is 14.3 Å². The van der Waals surface area contributed by atoms with Gasteiger partial charge >= 0.3 is 5.97 Å². The Labute approximate surface area is 238 Å². The third-order valence-electron chi connectivity index (χ3n) is 5.71. The third kappa shape index (κ3) is 13.1. The Kier molecular flexibility index (Phi) is 16.5. The summed E-state index contributed by atoms with van der Waals surface area (Å²) < 4.78 is 31.8. The first-order chi connectivity index (χ1) is 18.7. The lowest BCUT2D eigenvalue weighted by Crippen LogP contribution is -2.43. The van der Waals surface area contributed by atoms with Crippen LogP contribution in [0.1, 0.15) is 58.8 Å². The van der Waals surface area contributed by atoms with Crippen molar-refractivity contribution >= 4 is 23.8 Å². The SMILES string of the molecule is CC.COC(C)=O.Cc1nc(/C(N)=C(\CN(C)/C=C\N(C=O)CC(C)C)N(C)N)ccc1N1CCCC(F)(F)C1. The maximum atomic E-state index is 13.9. The average molecular weight is 570 g/mol. The lowest BCUT2D eigenvalue weighted by atomic mass is 10.1. The number of aromatic nitrogens is 1. The second-order valence-corrected chi connectivity index (χ2v) is 9.76. The first-order valence-corrected chi connectivity index (χ1v) is 13.4. The highest BCUT2D eigenvalue weighted by Crippen LogP contribution is 2.31. The highest BCUT2D eigenvalue weighted by molar-refractivity contribution is 5.66. The highest BCUT2D eigenvalue weighted by Gasteiger charge is 2.35. The summed E-state index contributed by atoms with van der Waals surface area (Å²) in [5.41, 5.74) is 9.30. The number of nitrogens with zero attached hydrogens (tertiary/aromatic N) is 5. The molecule has 4 N–H and O–H groups in total. The number of methoxy groups -OCH3 is 1. The number of carbonyl (C=O) groups excluding carboxylic acids is 2. The van der Waals surface area contributed by atoms with E-state index in [2.05, 4.69) is 9.72 Å². The van der Waals surface area contributed by atoms with Crippen LogP contribution in [0.4, 0.5) is 14.5 Å². The Morgan fingerprint density at radius 2 is 1.85 bits per heavy atom. The normalized spacial score (nSPS) is 14.8. The van der Waals surface area contributed by atoms with Gasteiger partial charge in [0.1, 0.15) is 0 Å². The van der Waals surface area contributed by atoms with Crippen LogP contribution in [-0.4, -0.2) is 85.5 Å². The minimum atomic E-state index is -2.69. The molecule has 1 aromatic heterocycles. The van der Waals surface area contributed by atoms with Gasteiger partial charge in [0.05, 0.1) is 48.7 Å². The minimum Gasteiger partial charge on any atom is -0.469 e. The number of piperidine rings is 1. The molecule has 1 aromatic rings. The topological polar surface area (TPSA) is 121 Å². The number of hydrazine groups is 1. The van der Waals surface area contributed by atoms with Gasteiger partial charge in [0.25, 0.3) is 5.92 Å². The van der Waals surface area contributed by atoms with Gasteiger partial charge in [-0.15, -0.1) is 0 Å². The number of esters is 1. The summed E-state index contributed by atoms with van der Waals surface area (Å²) in [4.78, 5) is 30.5. The molecule has 1 amide bonds. The maximum Gasteiger partial charge on any atom is 0.302 e. The maximum absolute atomic E-state index is 13.9. The van der Waals surface area contributed by atoms with Crippen molar-refractivity contribution in [2.24, 2.45) is 17.5 Å². The first-order valence-electron chi connectivity index (χ1n) is 13.4. The molecule has 1 aliphatic heterocycles. The van der Waals surface area contributed by atoms with Gasteiger partial charge in [0.15, 0.2) is 0 Å². The van der Waals surface area contributed by atoms with E-state index in [1.807, 2.05) is 39.6 Å². The smallest absolute Gasteiger partial charge is 0.302 e. The van der Waals surface area contributed by atoms with E-state index < -0.39 is 5.92 Å². The first kappa shape index (κ1) is 36.6. The Balaban J connectivity index is 0.00000195. The number of amides is 1. The lowest BCUT2D eigenvalue weighted by Gasteiger charge is -2.34. The van der Waals surface area contributed by atoms with Crippen molar-refractivity contribution in [1.82, 2.24) is 19.8 Å². The summed E-state index contributed by atoms with van der Waals surface area (Å²) in [6, 6.07) is 3.53. The van der Waals surface area contributed by atoms with E-state index >= 15 is 0 Å². The standard InChI is InChI=1S/C23H37F2N7O.C3H6O2.C2H6/c1-17(2)13-31(16-33)12-11-29(4)14-21(30(5)27)22(26)19-7-8-20(18(3)28-19)32-10-6-9-23(24,25)15-32;1-3(4)5-2;1-2/h7-8,11-12,16-17H,6,9-10,13-15,26-27H2,1-5H3;1-2H3;1-2H3/b12-11-,22-21-;;. The molecular formula is C28H49F2N7O3. The van der Waals surface area contributed by atoms with E-state index in [0.717, 1.165) is 6.41 Å². The number of aryl methyl sites for hydroxylation is 1. The molecule has 1 fully saturated rings. The number of hydrogen-bond acceptors (Lipinski definition) is 9. The summed E-state index contributed by atoms with van der Waals surface area (Å²) in [5, 5.41) is 1.43. The summed E-state index contributed by atoms with van der Waals surface area (Å²) in [7, 11) is 4.89. The van der Waals surface area contributed by atoms with Gasteiger partial charge in [-0.25, -0.2) is 19.6 Å². The molecule has 12 heteroatoms. The molecule has 0 unspecified atom stereocenters. The number of anilines is 1.